The van der Waals surface area contributed by atoms with E-state index in [2.05, 4.69) is 31.2 Å². The third-order valence-corrected chi connectivity index (χ3v) is 6.86. The number of pyridine rings is 2. The van der Waals surface area contributed by atoms with Gasteiger partial charge in [-0.25, -0.2) is 13.6 Å². The second kappa shape index (κ2) is 14.9. The summed E-state index contributed by atoms with van der Waals surface area (Å²) >= 11 is 5.58. The summed E-state index contributed by atoms with van der Waals surface area (Å²) in [6, 6.07) is 14.2. The van der Waals surface area contributed by atoms with E-state index in [0.717, 1.165) is 30.3 Å². The van der Waals surface area contributed by atoms with Crippen molar-refractivity contribution in [2.24, 2.45) is 0 Å². The molecule has 2 heterocycles. The Morgan fingerprint density at radius 2 is 1.18 bits per heavy atom. The van der Waals surface area contributed by atoms with Crippen LogP contribution in [0.5, 0.6) is 23.0 Å². The Kier molecular flexibility index (Phi) is 10.4. The van der Waals surface area contributed by atoms with Gasteiger partial charge in [-0.15, -0.1) is 0 Å². The molecule has 3 aromatic carbocycles. The highest BCUT2D eigenvalue weighted by Gasteiger charge is 2.33. The Morgan fingerprint density at radius 1 is 0.660 bits per heavy atom. The molecule has 4 amide bonds. The summed E-state index contributed by atoms with van der Waals surface area (Å²) in [6.07, 6.45) is -2.17. The molecule has 256 valence electrons. The number of hydrogen-bond acceptors (Lipinski definition) is 7. The highest BCUT2D eigenvalue weighted by atomic mass is 35.5. The van der Waals surface area contributed by atoms with Crippen molar-refractivity contribution in [3.8, 4) is 23.0 Å². The van der Waals surface area contributed by atoms with Crippen molar-refractivity contribution >= 4 is 46.5 Å². The van der Waals surface area contributed by atoms with Crippen molar-refractivity contribution in [3.05, 3.63) is 125 Å². The first-order valence-corrected chi connectivity index (χ1v) is 14.5. The van der Waals surface area contributed by atoms with E-state index in [1.165, 1.54) is 61.9 Å². The monoisotopic (exact) mass is 712 g/mol. The molecule has 0 aliphatic heterocycles. The lowest BCUT2D eigenvalue weighted by Gasteiger charge is -2.13. The average molecular weight is 713 g/mol. The summed E-state index contributed by atoms with van der Waals surface area (Å²) in [6.45, 7) is 0. The zero-order valence-corrected chi connectivity index (χ0v) is 26.1. The number of urea groups is 1. The topological polar surface area (TPSA) is 144 Å². The standard InChI is InChI=1S/C33H22ClF5N6O5/c1-40-30(46)28-15-20(8-10-41-28)49-18-3-6-26(24(35)13-18)44-31(47)29-16-21(9-11-42-29)50-19-4-7-27(25(36)14-19)45-32(48)43-17-2-5-23(34)22(12-17)33(37,38)39/h2-16H,1H3,(H,40,46)(H,44,47)(H2,43,45,48). The number of nitrogens with zero attached hydrogens (tertiary/aromatic N) is 2. The molecule has 0 saturated carbocycles. The fourth-order valence-electron chi connectivity index (χ4n) is 4.21. The van der Waals surface area contributed by atoms with Crippen LogP contribution in [0.25, 0.3) is 0 Å². The minimum absolute atomic E-state index is 0.0446. The second-order valence-electron chi connectivity index (χ2n) is 10.0. The maximum absolute atomic E-state index is 14.9. The molecule has 0 bridgehead atoms. The third kappa shape index (κ3) is 8.78. The van der Waals surface area contributed by atoms with E-state index in [4.69, 9.17) is 21.1 Å². The summed E-state index contributed by atoms with van der Waals surface area (Å²) in [7, 11) is 1.44. The number of alkyl halides is 3. The smallest absolute Gasteiger partial charge is 0.417 e. The van der Waals surface area contributed by atoms with E-state index in [1.807, 2.05) is 0 Å². The molecule has 0 saturated heterocycles. The lowest BCUT2D eigenvalue weighted by molar-refractivity contribution is -0.137. The molecule has 5 rings (SSSR count). The van der Waals surface area contributed by atoms with Gasteiger partial charge in [0.25, 0.3) is 11.8 Å². The van der Waals surface area contributed by atoms with E-state index in [1.54, 1.807) is 0 Å². The van der Waals surface area contributed by atoms with E-state index < -0.39 is 46.2 Å². The number of nitrogens with one attached hydrogen (secondary N) is 4. The van der Waals surface area contributed by atoms with E-state index in [-0.39, 0.29) is 51.4 Å². The number of amides is 4. The van der Waals surface area contributed by atoms with Crippen molar-refractivity contribution in [2.75, 3.05) is 23.0 Å². The predicted molar refractivity (Wildman–Crippen MR) is 172 cm³/mol. The molecule has 0 unspecified atom stereocenters. The number of ether oxygens (including phenoxy) is 2. The van der Waals surface area contributed by atoms with Gasteiger partial charge in [-0.05, 0) is 54.6 Å². The molecule has 0 spiro atoms. The van der Waals surface area contributed by atoms with Gasteiger partial charge >= 0.3 is 12.2 Å². The maximum atomic E-state index is 14.9. The van der Waals surface area contributed by atoms with Crippen LogP contribution in [0.15, 0.2) is 91.3 Å². The van der Waals surface area contributed by atoms with Crippen LogP contribution in [-0.4, -0.2) is 34.9 Å². The van der Waals surface area contributed by atoms with Gasteiger partial charge in [0, 0.05) is 49.4 Å². The SMILES string of the molecule is CNC(=O)c1cc(Oc2ccc(NC(=O)c3cc(Oc4ccc(NC(=O)Nc5ccc(Cl)c(C(F)(F)F)c5)c(F)c4)ccn3)c(F)c2)ccn1. The number of aromatic nitrogens is 2. The van der Waals surface area contributed by atoms with E-state index in [0.29, 0.717) is 6.07 Å². The van der Waals surface area contributed by atoms with Crippen LogP contribution in [0.2, 0.25) is 5.02 Å². The van der Waals surface area contributed by atoms with Gasteiger partial charge in [-0.3, -0.25) is 19.6 Å². The van der Waals surface area contributed by atoms with Gasteiger partial charge in [-0.1, -0.05) is 11.6 Å². The molecule has 0 atom stereocenters. The molecule has 50 heavy (non-hydrogen) atoms. The zero-order chi connectivity index (χ0) is 36.0. The summed E-state index contributed by atoms with van der Waals surface area (Å²) in [5, 5.41) is 8.62. The quantitative estimate of drug-likeness (QED) is 0.113. The largest absolute Gasteiger partial charge is 0.457 e. The Labute approximate surface area is 284 Å². The molecule has 0 radical (unpaired) electrons. The molecule has 0 aliphatic carbocycles. The van der Waals surface area contributed by atoms with Gasteiger partial charge in [-0.2, -0.15) is 13.2 Å². The van der Waals surface area contributed by atoms with E-state index >= 15 is 0 Å². The Bertz CT molecular complexity index is 2100. The van der Waals surface area contributed by atoms with Gasteiger partial charge in [0.05, 0.1) is 22.0 Å². The normalized spacial score (nSPS) is 10.9. The van der Waals surface area contributed by atoms with Crippen LogP contribution in [0.3, 0.4) is 0 Å². The van der Waals surface area contributed by atoms with Crippen LogP contribution in [-0.2, 0) is 6.18 Å². The van der Waals surface area contributed by atoms with Crippen molar-refractivity contribution in [1.29, 1.82) is 0 Å². The summed E-state index contributed by atoms with van der Waals surface area (Å²) in [5.74, 6) is -2.69. The number of anilines is 3. The summed E-state index contributed by atoms with van der Waals surface area (Å²) < 4.78 is 80.2. The van der Waals surface area contributed by atoms with Crippen LogP contribution < -0.4 is 30.7 Å². The van der Waals surface area contributed by atoms with Crippen LogP contribution in [0, 0.1) is 11.6 Å². The zero-order valence-electron chi connectivity index (χ0n) is 25.4. The summed E-state index contributed by atoms with van der Waals surface area (Å²) in [5.41, 5.74) is -1.98. The van der Waals surface area contributed by atoms with Crippen molar-refractivity contribution in [1.82, 2.24) is 15.3 Å². The number of halogens is 6. The highest BCUT2D eigenvalue weighted by Crippen LogP contribution is 2.36. The van der Waals surface area contributed by atoms with Crippen LogP contribution >= 0.6 is 11.6 Å². The minimum atomic E-state index is -4.75. The number of rotatable bonds is 9. The number of carbonyl (C=O) groups excluding carboxylic acids is 3. The van der Waals surface area contributed by atoms with Crippen molar-refractivity contribution in [3.63, 3.8) is 0 Å². The minimum Gasteiger partial charge on any atom is -0.457 e. The van der Waals surface area contributed by atoms with Gasteiger partial charge in [0.1, 0.15) is 46.0 Å². The molecular formula is C33H22ClF5N6O5. The van der Waals surface area contributed by atoms with Crippen molar-refractivity contribution < 1.29 is 45.8 Å². The molecule has 5 aromatic rings. The Hall–Kier alpha value is -6.29. The highest BCUT2D eigenvalue weighted by molar-refractivity contribution is 6.31. The number of hydrogen-bond donors (Lipinski definition) is 4. The predicted octanol–water partition coefficient (Wildman–Crippen LogP) is 8.27. The summed E-state index contributed by atoms with van der Waals surface area (Å²) in [4.78, 5) is 44.8. The first kappa shape index (κ1) is 35.0. The molecule has 2 aromatic heterocycles. The second-order valence-corrected chi connectivity index (χ2v) is 10.5. The first-order chi connectivity index (χ1) is 23.8. The van der Waals surface area contributed by atoms with Gasteiger partial charge in [0.2, 0.25) is 0 Å². The van der Waals surface area contributed by atoms with Gasteiger partial charge < -0.3 is 30.7 Å². The Morgan fingerprint density at radius 3 is 1.70 bits per heavy atom. The lowest BCUT2D eigenvalue weighted by Crippen LogP contribution is -2.20. The van der Waals surface area contributed by atoms with E-state index in [9.17, 15) is 36.3 Å². The van der Waals surface area contributed by atoms with Crippen LogP contribution in [0.4, 0.5) is 43.8 Å². The first-order valence-electron chi connectivity index (χ1n) is 14.1. The molecule has 17 heteroatoms. The van der Waals surface area contributed by atoms with Crippen molar-refractivity contribution in [2.45, 2.75) is 6.18 Å². The molecular weight excluding hydrogens is 691 g/mol. The maximum Gasteiger partial charge on any atom is 0.417 e. The number of benzene rings is 3. The molecule has 11 nitrogen and oxygen atoms in total. The van der Waals surface area contributed by atoms with Crippen LogP contribution in [0.1, 0.15) is 26.5 Å². The molecule has 0 fully saturated rings. The molecule has 0 aliphatic rings. The number of carbonyl (C=O) groups is 3. The Balaban J connectivity index is 1.19. The fourth-order valence-corrected chi connectivity index (χ4v) is 4.44. The average Bonchev–Trinajstić information content (AvgIpc) is 3.07. The molecule has 4 N–H and O–H groups in total. The third-order valence-electron chi connectivity index (χ3n) is 6.53. The fraction of sp³-hybridized carbons (Fsp3) is 0.0606. The van der Waals surface area contributed by atoms with Gasteiger partial charge in [0.15, 0.2) is 0 Å². The lowest BCUT2D eigenvalue weighted by atomic mass is 10.2.